The van der Waals surface area contributed by atoms with E-state index in [-0.39, 0.29) is 64.8 Å². The highest BCUT2D eigenvalue weighted by molar-refractivity contribution is 7.92. The fraction of sp³-hybridized carbons (Fsp3) is 0.216. The highest BCUT2D eigenvalue weighted by Gasteiger charge is 2.29. The van der Waals surface area contributed by atoms with Gasteiger partial charge in [-0.05, 0) is 55.0 Å². The second kappa shape index (κ2) is 13.3. The molecule has 0 bridgehead atoms. The lowest BCUT2D eigenvalue weighted by Gasteiger charge is -2.21. The maximum absolute atomic E-state index is 15.2. The normalized spacial score (nSPS) is 15.1. The summed E-state index contributed by atoms with van der Waals surface area (Å²) in [5.74, 6) is -2.47. The van der Waals surface area contributed by atoms with Gasteiger partial charge in [-0.2, -0.15) is 13.5 Å². The maximum Gasteiger partial charge on any atom is 0.255 e. The number of nitrogens with zero attached hydrogens (tertiary/aromatic N) is 5. The zero-order chi connectivity index (χ0) is 36.6. The number of alkyl halides is 1. The predicted octanol–water partition coefficient (Wildman–Crippen LogP) is 6.95. The molecule has 0 spiro atoms. The van der Waals surface area contributed by atoms with Crippen LogP contribution in [0.15, 0.2) is 71.1 Å². The number of fused-ring (bicyclic) bond motifs is 6. The Balaban J connectivity index is 0.00000435. The molecule has 1 fully saturated rings. The number of hydrogen-bond donors (Lipinski definition) is 1. The summed E-state index contributed by atoms with van der Waals surface area (Å²) in [7, 11) is -1.13. The number of halogens is 4. The first-order valence-corrected chi connectivity index (χ1v) is 18.1. The summed E-state index contributed by atoms with van der Waals surface area (Å²) in [6.45, 7) is 1.12. The van der Waals surface area contributed by atoms with Crippen molar-refractivity contribution in [3.63, 3.8) is 0 Å². The summed E-state index contributed by atoms with van der Waals surface area (Å²) < 4.78 is 93.0. The molecule has 53 heavy (non-hydrogen) atoms. The number of amides is 1. The molecule has 1 saturated heterocycles. The van der Waals surface area contributed by atoms with Crippen molar-refractivity contribution in [1.29, 1.82) is 0 Å². The molecule has 1 aliphatic rings. The fourth-order valence-corrected chi connectivity index (χ4v) is 7.45. The lowest BCUT2D eigenvalue weighted by atomic mass is 10.0. The lowest BCUT2D eigenvalue weighted by molar-refractivity contribution is 0.0964. The molecule has 7 aromatic rings. The quantitative estimate of drug-likeness (QED) is 0.175. The van der Waals surface area contributed by atoms with E-state index in [9.17, 15) is 22.0 Å². The van der Waals surface area contributed by atoms with E-state index in [4.69, 9.17) is 14.4 Å². The SMILES string of the molecule is CNC(=O)c1c(-c2ccc(F)cc2F)oc2cc(N(C)S(C)(=O)=O)c(-c3ccc4nc(CN5CC[C@H](F)C5)n5c6cccc(F)c6cc5c4n3)cc12.S. The lowest BCUT2D eigenvalue weighted by Crippen LogP contribution is -2.25. The molecule has 0 unspecified atom stereocenters. The van der Waals surface area contributed by atoms with Gasteiger partial charge in [0.05, 0.1) is 51.9 Å². The van der Waals surface area contributed by atoms with Gasteiger partial charge in [-0.25, -0.2) is 35.9 Å². The molecule has 16 heteroatoms. The van der Waals surface area contributed by atoms with Gasteiger partial charge in [0.25, 0.3) is 5.91 Å². The van der Waals surface area contributed by atoms with E-state index in [1.165, 1.54) is 32.3 Å². The van der Waals surface area contributed by atoms with Crippen molar-refractivity contribution in [1.82, 2.24) is 24.6 Å². The van der Waals surface area contributed by atoms with Crippen LogP contribution in [0.4, 0.5) is 23.2 Å². The van der Waals surface area contributed by atoms with E-state index >= 15 is 8.78 Å². The zero-order valence-electron chi connectivity index (χ0n) is 28.5. The first kappa shape index (κ1) is 36.2. The summed E-state index contributed by atoms with van der Waals surface area (Å²) in [5.41, 5.74) is 2.44. The molecule has 1 atom stereocenters. The third kappa shape index (κ3) is 6.13. The van der Waals surface area contributed by atoms with Gasteiger partial charge < -0.3 is 9.73 Å². The number of anilines is 1. The Morgan fingerprint density at radius 1 is 0.981 bits per heavy atom. The zero-order valence-corrected chi connectivity index (χ0v) is 30.4. The van der Waals surface area contributed by atoms with Crippen molar-refractivity contribution < 1.29 is 35.2 Å². The molecule has 1 amide bonds. The Bertz CT molecular complexity index is 2740. The van der Waals surface area contributed by atoms with Crippen LogP contribution in [0, 0.1) is 17.5 Å². The van der Waals surface area contributed by atoms with E-state index in [1.54, 1.807) is 34.7 Å². The summed E-state index contributed by atoms with van der Waals surface area (Å²) >= 11 is 0. The molecule has 5 heterocycles. The fourth-order valence-electron chi connectivity index (χ4n) is 6.94. The monoisotopic (exact) mass is 764 g/mol. The van der Waals surface area contributed by atoms with Crippen LogP contribution in [-0.2, 0) is 16.6 Å². The van der Waals surface area contributed by atoms with Crippen molar-refractivity contribution in [2.45, 2.75) is 19.1 Å². The molecule has 10 nitrogen and oxygen atoms in total. The summed E-state index contributed by atoms with van der Waals surface area (Å²) in [5, 5.41) is 3.08. The van der Waals surface area contributed by atoms with Crippen molar-refractivity contribution in [3.8, 4) is 22.6 Å². The number of aromatic nitrogens is 3. The second-order valence-electron chi connectivity index (χ2n) is 12.9. The highest BCUT2D eigenvalue weighted by atomic mass is 32.2. The van der Waals surface area contributed by atoms with Crippen molar-refractivity contribution in [2.75, 3.05) is 37.7 Å². The number of pyridine rings is 1. The van der Waals surface area contributed by atoms with Crippen LogP contribution in [0.5, 0.6) is 0 Å². The van der Waals surface area contributed by atoms with Gasteiger partial charge in [-0.3, -0.25) is 18.4 Å². The molecule has 1 N–H and O–H groups in total. The molecule has 0 aliphatic carbocycles. The topological polar surface area (TPSA) is 113 Å². The number of carbonyl (C=O) groups is 1. The number of benzene rings is 3. The van der Waals surface area contributed by atoms with E-state index in [0.717, 1.165) is 22.7 Å². The van der Waals surface area contributed by atoms with Gasteiger partial charge in [0.15, 0.2) is 5.76 Å². The Morgan fingerprint density at radius 3 is 2.47 bits per heavy atom. The summed E-state index contributed by atoms with van der Waals surface area (Å²) in [6.07, 6.45) is 0.490. The number of hydrogen-bond acceptors (Lipinski definition) is 7. The van der Waals surface area contributed by atoms with E-state index < -0.39 is 39.6 Å². The standard InChI is InChI=1S/C37H30F4N6O4S.H2S/c1-42-37(48)34-24-14-23(30(45(2)52(3,49)50)16-32(24)51-36(34)21-8-7-19(38)13-26(21)41)27-9-10-28-35(44-27)31-15-22-25(40)5-4-6-29(22)47(31)33(43-28)18-46-12-11-20(39)17-46;/h4-10,13-16,20H,11-12,17-18H2,1-3H3,(H,42,48);1H2/t20-;/m0./s1. The average Bonchev–Trinajstić information content (AvgIpc) is 3.82. The predicted molar refractivity (Wildman–Crippen MR) is 200 cm³/mol. The van der Waals surface area contributed by atoms with Crippen LogP contribution < -0.4 is 9.62 Å². The van der Waals surface area contributed by atoms with E-state index in [1.807, 2.05) is 4.90 Å². The van der Waals surface area contributed by atoms with Crippen LogP contribution in [0.25, 0.3) is 61.0 Å². The Hall–Kier alpha value is -5.19. The molecule has 274 valence electrons. The number of carbonyl (C=O) groups excluding carboxylic acids is 1. The van der Waals surface area contributed by atoms with Crippen molar-refractivity contribution in [3.05, 3.63) is 95.6 Å². The van der Waals surface area contributed by atoms with Gasteiger partial charge in [-0.15, -0.1) is 0 Å². The van der Waals surface area contributed by atoms with Crippen LogP contribution in [0.1, 0.15) is 22.6 Å². The number of rotatable bonds is 7. The minimum Gasteiger partial charge on any atom is -0.455 e. The van der Waals surface area contributed by atoms with Crippen LogP contribution in [-0.4, -0.2) is 73.2 Å². The first-order chi connectivity index (χ1) is 24.8. The number of likely N-dealkylation sites (tertiary alicyclic amines) is 1. The first-order valence-electron chi connectivity index (χ1n) is 16.3. The van der Waals surface area contributed by atoms with Gasteiger partial charge in [0.1, 0.15) is 40.5 Å². The third-order valence-corrected chi connectivity index (χ3v) is 10.7. The molecule has 4 aromatic heterocycles. The molecule has 1 aliphatic heterocycles. The van der Waals surface area contributed by atoms with Crippen molar-refractivity contribution >= 4 is 73.5 Å². The van der Waals surface area contributed by atoms with Gasteiger partial charge >= 0.3 is 0 Å². The Kier molecular flexibility index (Phi) is 9.11. The maximum atomic E-state index is 15.2. The van der Waals surface area contributed by atoms with Gasteiger partial charge in [-0.1, -0.05) is 6.07 Å². The van der Waals surface area contributed by atoms with Gasteiger partial charge in [0.2, 0.25) is 10.0 Å². The molecule has 8 rings (SSSR count). The van der Waals surface area contributed by atoms with E-state index in [2.05, 4.69) is 5.32 Å². The second-order valence-corrected chi connectivity index (χ2v) is 14.9. The van der Waals surface area contributed by atoms with E-state index in [0.29, 0.717) is 58.9 Å². The largest absolute Gasteiger partial charge is 0.455 e. The minimum absolute atomic E-state index is 0. The molecular weight excluding hydrogens is 733 g/mol. The Labute approximate surface area is 307 Å². The summed E-state index contributed by atoms with van der Waals surface area (Å²) in [4.78, 5) is 25.2. The Morgan fingerprint density at radius 2 is 1.77 bits per heavy atom. The third-order valence-electron chi connectivity index (χ3n) is 9.55. The van der Waals surface area contributed by atoms with Crippen LogP contribution in [0.2, 0.25) is 0 Å². The smallest absolute Gasteiger partial charge is 0.255 e. The van der Waals surface area contributed by atoms with Crippen LogP contribution >= 0.6 is 13.5 Å². The number of nitrogens with one attached hydrogen (secondary N) is 1. The number of sulfonamides is 1. The highest BCUT2D eigenvalue weighted by Crippen LogP contribution is 2.42. The summed E-state index contributed by atoms with van der Waals surface area (Å²) in [6, 6.07) is 15.6. The molecule has 3 aromatic carbocycles. The van der Waals surface area contributed by atoms with Crippen LogP contribution in [0.3, 0.4) is 0 Å². The number of furan rings is 1. The van der Waals surface area contributed by atoms with Gasteiger partial charge in [0, 0.05) is 55.7 Å². The molecule has 0 saturated carbocycles. The molecule has 0 radical (unpaired) electrons. The van der Waals surface area contributed by atoms with Crippen molar-refractivity contribution in [2.24, 2.45) is 0 Å². The average molecular weight is 765 g/mol. The molecular formula is C37H32F4N6O4S2. The minimum atomic E-state index is -3.87.